The lowest BCUT2D eigenvalue weighted by atomic mass is 9.82. The molecule has 2 N–H and O–H groups in total. The number of nitrogens with two attached hydrogens (primary N) is 1. The summed E-state index contributed by atoms with van der Waals surface area (Å²) in [6, 6.07) is 0.829. The molecule has 0 heterocycles. The van der Waals surface area contributed by atoms with Crippen molar-refractivity contribution in [1.82, 2.24) is 4.90 Å². The Morgan fingerprint density at radius 3 is 2.35 bits per heavy atom. The maximum absolute atomic E-state index is 6.24. The van der Waals surface area contributed by atoms with Gasteiger partial charge in [0.25, 0.3) is 0 Å². The Hall–Kier alpha value is -0.0800. The molecule has 2 saturated carbocycles. The van der Waals surface area contributed by atoms with E-state index in [1.54, 1.807) is 0 Å². The molecule has 0 aliphatic heterocycles. The van der Waals surface area contributed by atoms with Gasteiger partial charge in [0.05, 0.1) is 0 Å². The first kappa shape index (κ1) is 13.4. The summed E-state index contributed by atoms with van der Waals surface area (Å²) in [5, 5.41) is 0. The van der Waals surface area contributed by atoms with E-state index in [0.29, 0.717) is 5.54 Å². The second kappa shape index (κ2) is 5.71. The highest BCUT2D eigenvalue weighted by molar-refractivity contribution is 5.03. The lowest BCUT2D eigenvalue weighted by molar-refractivity contribution is 0.0229. The van der Waals surface area contributed by atoms with Crippen LogP contribution in [-0.2, 0) is 0 Å². The van der Waals surface area contributed by atoms with Crippen molar-refractivity contribution in [2.75, 3.05) is 13.1 Å². The molecule has 0 bridgehead atoms. The molecule has 2 nitrogen and oxygen atoms in total. The molecule has 17 heavy (non-hydrogen) atoms. The van der Waals surface area contributed by atoms with E-state index in [1.807, 2.05) is 0 Å². The molecule has 100 valence electrons. The Balaban J connectivity index is 2.18. The first-order valence-corrected chi connectivity index (χ1v) is 7.75. The van der Waals surface area contributed by atoms with Gasteiger partial charge in [0, 0.05) is 18.1 Å². The Bertz CT molecular complexity index is 235. The molecule has 0 aromatic heterocycles. The van der Waals surface area contributed by atoms with Gasteiger partial charge in [-0.25, -0.2) is 0 Å². The van der Waals surface area contributed by atoms with Crippen LogP contribution in [0.4, 0.5) is 0 Å². The van der Waals surface area contributed by atoms with Gasteiger partial charge in [0.2, 0.25) is 0 Å². The molecule has 2 atom stereocenters. The average Bonchev–Trinajstić information content (AvgIpc) is 2.99. The van der Waals surface area contributed by atoms with Gasteiger partial charge in [-0.05, 0) is 38.1 Å². The smallest absolute Gasteiger partial charge is 0.0362 e. The first-order valence-electron chi connectivity index (χ1n) is 7.75. The van der Waals surface area contributed by atoms with Gasteiger partial charge < -0.3 is 5.73 Å². The van der Waals surface area contributed by atoms with Crippen LogP contribution in [-0.4, -0.2) is 29.6 Å². The normalized spacial score (nSPS) is 34.9. The fourth-order valence-corrected chi connectivity index (χ4v) is 4.63. The van der Waals surface area contributed by atoms with E-state index in [1.165, 1.54) is 57.9 Å². The minimum atomic E-state index is 0.346. The van der Waals surface area contributed by atoms with E-state index in [9.17, 15) is 0 Å². The van der Waals surface area contributed by atoms with Crippen LogP contribution >= 0.6 is 0 Å². The second-order valence-electron chi connectivity index (χ2n) is 6.03. The van der Waals surface area contributed by atoms with Gasteiger partial charge in [0.1, 0.15) is 0 Å². The van der Waals surface area contributed by atoms with Gasteiger partial charge in [-0.15, -0.1) is 0 Å². The number of hydrogen-bond acceptors (Lipinski definition) is 2. The molecule has 0 aromatic rings. The summed E-state index contributed by atoms with van der Waals surface area (Å²) < 4.78 is 0. The van der Waals surface area contributed by atoms with Crippen LogP contribution in [0.1, 0.15) is 65.2 Å². The van der Waals surface area contributed by atoms with Gasteiger partial charge in [-0.2, -0.15) is 0 Å². The Morgan fingerprint density at radius 1 is 1.12 bits per heavy atom. The summed E-state index contributed by atoms with van der Waals surface area (Å²) in [7, 11) is 0. The second-order valence-corrected chi connectivity index (χ2v) is 6.03. The van der Waals surface area contributed by atoms with Crippen LogP contribution in [0.15, 0.2) is 0 Å². The summed E-state index contributed by atoms with van der Waals surface area (Å²) in [5.41, 5.74) is 6.58. The predicted octanol–water partition coefficient (Wildman–Crippen LogP) is 3.16. The third-order valence-corrected chi connectivity index (χ3v) is 5.45. The lowest BCUT2D eigenvalue weighted by Gasteiger charge is -2.48. The van der Waals surface area contributed by atoms with Gasteiger partial charge in [-0.1, -0.05) is 39.5 Å². The standard InChI is InChI=1S/C15H30N2/c1-3-13-8-7-11-15(13,12-16)17(4-2)14-9-5-6-10-14/h13-14H,3-12,16H2,1-2H3. The van der Waals surface area contributed by atoms with Crippen molar-refractivity contribution in [1.29, 1.82) is 0 Å². The van der Waals surface area contributed by atoms with Crippen LogP contribution < -0.4 is 5.73 Å². The highest BCUT2D eigenvalue weighted by Gasteiger charge is 2.47. The van der Waals surface area contributed by atoms with E-state index in [2.05, 4.69) is 18.7 Å². The van der Waals surface area contributed by atoms with Crippen molar-refractivity contribution >= 4 is 0 Å². The Labute approximate surface area is 107 Å². The molecule has 0 aromatic carbocycles. The fraction of sp³-hybridized carbons (Fsp3) is 1.00. The van der Waals surface area contributed by atoms with Crippen molar-refractivity contribution in [3.8, 4) is 0 Å². The van der Waals surface area contributed by atoms with Crippen molar-refractivity contribution in [3.05, 3.63) is 0 Å². The number of nitrogens with zero attached hydrogens (tertiary/aromatic N) is 1. The summed E-state index contributed by atoms with van der Waals surface area (Å²) in [4.78, 5) is 2.81. The van der Waals surface area contributed by atoms with E-state index < -0.39 is 0 Å². The third-order valence-electron chi connectivity index (χ3n) is 5.45. The quantitative estimate of drug-likeness (QED) is 0.797. The maximum atomic E-state index is 6.24. The maximum Gasteiger partial charge on any atom is 0.0362 e. The predicted molar refractivity (Wildman–Crippen MR) is 74.1 cm³/mol. The van der Waals surface area contributed by atoms with Gasteiger partial charge in [-0.3, -0.25) is 4.90 Å². The van der Waals surface area contributed by atoms with E-state index >= 15 is 0 Å². The minimum Gasteiger partial charge on any atom is -0.329 e. The number of rotatable bonds is 5. The van der Waals surface area contributed by atoms with E-state index in [4.69, 9.17) is 5.73 Å². The molecule has 0 radical (unpaired) electrons. The van der Waals surface area contributed by atoms with Gasteiger partial charge >= 0.3 is 0 Å². The minimum absolute atomic E-state index is 0.346. The van der Waals surface area contributed by atoms with Crippen LogP contribution in [0.3, 0.4) is 0 Å². The molecule has 2 rings (SSSR count). The summed E-state index contributed by atoms with van der Waals surface area (Å²) in [6.07, 6.45) is 11.1. The van der Waals surface area contributed by atoms with Crippen LogP contribution in [0.5, 0.6) is 0 Å². The van der Waals surface area contributed by atoms with E-state index in [-0.39, 0.29) is 0 Å². The van der Waals surface area contributed by atoms with E-state index in [0.717, 1.165) is 18.5 Å². The largest absolute Gasteiger partial charge is 0.329 e. The van der Waals surface area contributed by atoms with Crippen molar-refractivity contribution in [3.63, 3.8) is 0 Å². The molecule has 0 saturated heterocycles. The molecular formula is C15H30N2. The SMILES string of the molecule is CCC1CCCC1(CN)N(CC)C1CCCC1. The van der Waals surface area contributed by atoms with Crippen LogP contribution in [0, 0.1) is 5.92 Å². The monoisotopic (exact) mass is 238 g/mol. The van der Waals surface area contributed by atoms with Gasteiger partial charge in [0.15, 0.2) is 0 Å². The third kappa shape index (κ3) is 2.26. The Kier molecular flexibility index (Phi) is 4.48. The summed E-state index contributed by atoms with van der Waals surface area (Å²) >= 11 is 0. The molecular weight excluding hydrogens is 208 g/mol. The fourth-order valence-electron chi connectivity index (χ4n) is 4.63. The zero-order chi connectivity index (χ0) is 12.3. The highest BCUT2D eigenvalue weighted by Crippen LogP contribution is 2.44. The molecule has 2 fully saturated rings. The van der Waals surface area contributed by atoms with Crippen molar-refractivity contribution in [2.24, 2.45) is 11.7 Å². The highest BCUT2D eigenvalue weighted by atomic mass is 15.2. The lowest BCUT2D eigenvalue weighted by Crippen LogP contribution is -2.59. The zero-order valence-electron chi connectivity index (χ0n) is 11.8. The molecule has 0 amide bonds. The Morgan fingerprint density at radius 2 is 1.82 bits per heavy atom. The molecule has 2 aliphatic rings. The molecule has 2 heteroatoms. The number of likely N-dealkylation sites (N-methyl/N-ethyl adjacent to an activating group) is 1. The first-order chi connectivity index (χ1) is 8.28. The van der Waals surface area contributed by atoms with Crippen molar-refractivity contribution in [2.45, 2.75) is 76.8 Å². The summed E-state index contributed by atoms with van der Waals surface area (Å²) in [5.74, 6) is 0.841. The van der Waals surface area contributed by atoms with Crippen LogP contribution in [0.2, 0.25) is 0 Å². The molecule has 2 aliphatic carbocycles. The molecule has 0 spiro atoms. The van der Waals surface area contributed by atoms with Crippen molar-refractivity contribution < 1.29 is 0 Å². The molecule has 2 unspecified atom stereocenters. The number of hydrogen-bond donors (Lipinski definition) is 1. The topological polar surface area (TPSA) is 29.3 Å². The van der Waals surface area contributed by atoms with Crippen LogP contribution in [0.25, 0.3) is 0 Å². The average molecular weight is 238 g/mol. The zero-order valence-corrected chi connectivity index (χ0v) is 11.8. The summed E-state index contributed by atoms with van der Waals surface area (Å²) in [6.45, 7) is 6.75.